The fraction of sp³-hybridized carbons (Fsp3) is 0.200. The Morgan fingerprint density at radius 3 is 2.40 bits per heavy atom. The number of anilines is 1. The van der Waals surface area contributed by atoms with Crippen molar-refractivity contribution in [3.63, 3.8) is 0 Å². The van der Waals surface area contributed by atoms with Gasteiger partial charge in [0.05, 0.1) is 13.7 Å². The summed E-state index contributed by atoms with van der Waals surface area (Å²) in [7, 11) is 1.65. The number of hydrogen-bond donors (Lipinski definition) is 1. The number of hydrogen-bond acceptors (Lipinski definition) is 5. The molecule has 1 N–H and O–H groups in total. The Morgan fingerprint density at radius 2 is 1.68 bits per heavy atom. The molecule has 0 aliphatic carbocycles. The predicted octanol–water partition coefficient (Wildman–Crippen LogP) is 3.95. The van der Waals surface area contributed by atoms with E-state index >= 15 is 0 Å². The summed E-state index contributed by atoms with van der Waals surface area (Å²) in [5.74, 6) is 3.15. The molecule has 0 bridgehead atoms. The zero-order chi connectivity index (χ0) is 17.5. The molecule has 0 aliphatic heterocycles. The van der Waals surface area contributed by atoms with Gasteiger partial charge in [0.15, 0.2) is 5.82 Å². The van der Waals surface area contributed by atoms with Gasteiger partial charge in [0.1, 0.15) is 23.9 Å². The number of methoxy groups -OCH3 is 1. The third kappa shape index (κ3) is 4.70. The first-order valence-electron chi connectivity index (χ1n) is 8.16. The van der Waals surface area contributed by atoms with E-state index in [1.807, 2.05) is 67.6 Å². The van der Waals surface area contributed by atoms with Crippen LogP contribution in [0.4, 0.5) is 5.82 Å². The van der Waals surface area contributed by atoms with E-state index < -0.39 is 0 Å². The maximum Gasteiger partial charge on any atom is 0.161 e. The lowest BCUT2D eigenvalue weighted by molar-refractivity contribution is 0.333. The van der Waals surface area contributed by atoms with E-state index in [2.05, 4.69) is 15.3 Å². The number of ether oxygens (including phenoxy) is 2. The molecule has 0 saturated heterocycles. The number of para-hydroxylation sites is 1. The molecule has 5 heteroatoms. The molecule has 2 aromatic carbocycles. The molecule has 0 saturated carbocycles. The maximum atomic E-state index is 5.68. The highest BCUT2D eigenvalue weighted by molar-refractivity contribution is 5.58. The zero-order valence-corrected chi connectivity index (χ0v) is 14.4. The summed E-state index contributed by atoms with van der Waals surface area (Å²) < 4.78 is 10.9. The van der Waals surface area contributed by atoms with Crippen molar-refractivity contribution in [2.45, 2.75) is 6.92 Å². The average Bonchev–Trinajstić information content (AvgIpc) is 2.66. The summed E-state index contributed by atoms with van der Waals surface area (Å²) in [4.78, 5) is 9.10. The molecule has 3 rings (SSSR count). The minimum absolute atomic E-state index is 0.560. The lowest BCUT2D eigenvalue weighted by Gasteiger charge is -2.10. The molecule has 128 valence electrons. The Morgan fingerprint density at radius 1 is 0.920 bits per heavy atom. The van der Waals surface area contributed by atoms with E-state index in [1.54, 1.807) is 7.11 Å². The Hall–Kier alpha value is -3.08. The van der Waals surface area contributed by atoms with Gasteiger partial charge in [0.2, 0.25) is 0 Å². The fourth-order valence-corrected chi connectivity index (χ4v) is 2.39. The smallest absolute Gasteiger partial charge is 0.161 e. The molecule has 5 nitrogen and oxygen atoms in total. The van der Waals surface area contributed by atoms with E-state index in [0.29, 0.717) is 19.0 Å². The summed E-state index contributed by atoms with van der Waals surface area (Å²) in [5, 5.41) is 3.29. The molecule has 25 heavy (non-hydrogen) atoms. The van der Waals surface area contributed by atoms with Gasteiger partial charge in [0, 0.05) is 17.3 Å². The van der Waals surface area contributed by atoms with Crippen molar-refractivity contribution in [3.05, 3.63) is 66.4 Å². The van der Waals surface area contributed by atoms with Gasteiger partial charge in [-0.15, -0.1) is 0 Å². The van der Waals surface area contributed by atoms with Crippen molar-refractivity contribution >= 4 is 5.82 Å². The van der Waals surface area contributed by atoms with Crippen LogP contribution in [0.5, 0.6) is 11.5 Å². The van der Waals surface area contributed by atoms with Gasteiger partial charge in [-0.1, -0.05) is 18.2 Å². The Labute approximate surface area is 147 Å². The summed E-state index contributed by atoms with van der Waals surface area (Å²) in [6.07, 6.45) is 0. The van der Waals surface area contributed by atoms with Gasteiger partial charge < -0.3 is 14.8 Å². The van der Waals surface area contributed by atoms with Gasteiger partial charge >= 0.3 is 0 Å². The summed E-state index contributed by atoms with van der Waals surface area (Å²) in [6, 6.07) is 19.4. The van der Waals surface area contributed by atoms with Crippen molar-refractivity contribution in [1.82, 2.24) is 9.97 Å². The quantitative estimate of drug-likeness (QED) is 0.663. The second-order valence-corrected chi connectivity index (χ2v) is 5.53. The molecule has 0 unspecified atom stereocenters. The lowest BCUT2D eigenvalue weighted by atomic mass is 10.2. The van der Waals surface area contributed by atoms with Crippen molar-refractivity contribution < 1.29 is 9.47 Å². The highest BCUT2D eigenvalue weighted by Gasteiger charge is 2.05. The molecule has 0 radical (unpaired) electrons. The van der Waals surface area contributed by atoms with E-state index in [4.69, 9.17) is 9.47 Å². The lowest BCUT2D eigenvalue weighted by Crippen LogP contribution is -2.13. The largest absolute Gasteiger partial charge is 0.497 e. The SMILES string of the molecule is COc1ccc(-c2nc(C)cc(NCCOc3ccccc3)n2)cc1. The van der Waals surface area contributed by atoms with Crippen LogP contribution in [-0.2, 0) is 0 Å². The second kappa shape index (κ2) is 8.15. The van der Waals surface area contributed by atoms with E-state index in [1.165, 1.54) is 0 Å². The number of nitrogens with zero attached hydrogens (tertiary/aromatic N) is 2. The second-order valence-electron chi connectivity index (χ2n) is 5.53. The summed E-state index contributed by atoms with van der Waals surface area (Å²) >= 11 is 0. The Kier molecular flexibility index (Phi) is 5.46. The third-order valence-electron chi connectivity index (χ3n) is 3.62. The van der Waals surface area contributed by atoms with Crippen molar-refractivity contribution in [2.24, 2.45) is 0 Å². The van der Waals surface area contributed by atoms with Crippen LogP contribution in [0, 0.1) is 6.92 Å². The topological polar surface area (TPSA) is 56.3 Å². The Balaban J connectivity index is 1.62. The number of benzene rings is 2. The monoisotopic (exact) mass is 335 g/mol. The average molecular weight is 335 g/mol. The molecule has 1 heterocycles. The summed E-state index contributed by atoms with van der Waals surface area (Å²) in [5.41, 5.74) is 1.86. The van der Waals surface area contributed by atoms with Gasteiger partial charge in [-0.3, -0.25) is 0 Å². The standard InChI is InChI=1S/C20H21N3O2/c1-15-14-19(21-12-13-25-18-6-4-3-5-7-18)23-20(22-15)16-8-10-17(24-2)11-9-16/h3-11,14H,12-13H2,1-2H3,(H,21,22,23). The fourth-order valence-electron chi connectivity index (χ4n) is 2.39. The van der Waals surface area contributed by atoms with Crippen LogP contribution in [-0.4, -0.2) is 30.2 Å². The molecule has 0 atom stereocenters. The normalized spacial score (nSPS) is 10.3. The van der Waals surface area contributed by atoms with Crippen LogP contribution in [0.1, 0.15) is 5.69 Å². The third-order valence-corrected chi connectivity index (χ3v) is 3.62. The highest BCUT2D eigenvalue weighted by atomic mass is 16.5. The van der Waals surface area contributed by atoms with E-state index in [9.17, 15) is 0 Å². The van der Waals surface area contributed by atoms with E-state index in [0.717, 1.165) is 28.6 Å². The van der Waals surface area contributed by atoms with Crippen LogP contribution >= 0.6 is 0 Å². The van der Waals surface area contributed by atoms with Gasteiger partial charge in [-0.25, -0.2) is 9.97 Å². The van der Waals surface area contributed by atoms with Crippen molar-refractivity contribution in [1.29, 1.82) is 0 Å². The molecule has 0 amide bonds. The summed E-state index contributed by atoms with van der Waals surface area (Å²) in [6.45, 7) is 3.18. The van der Waals surface area contributed by atoms with Crippen LogP contribution in [0.15, 0.2) is 60.7 Å². The molecule has 0 fully saturated rings. The first-order chi connectivity index (χ1) is 12.2. The molecule has 0 spiro atoms. The predicted molar refractivity (Wildman–Crippen MR) is 99.2 cm³/mol. The van der Waals surface area contributed by atoms with Crippen LogP contribution in [0.25, 0.3) is 11.4 Å². The Bertz CT molecular complexity index is 805. The van der Waals surface area contributed by atoms with E-state index in [-0.39, 0.29) is 0 Å². The molecule has 1 aromatic heterocycles. The first-order valence-corrected chi connectivity index (χ1v) is 8.16. The number of nitrogens with one attached hydrogen (secondary N) is 1. The molecule has 3 aromatic rings. The molecular weight excluding hydrogens is 314 g/mol. The molecule has 0 aliphatic rings. The number of rotatable bonds is 7. The van der Waals surface area contributed by atoms with Crippen molar-refractivity contribution in [3.8, 4) is 22.9 Å². The first kappa shape index (κ1) is 16.8. The van der Waals surface area contributed by atoms with Crippen molar-refractivity contribution in [2.75, 3.05) is 25.6 Å². The maximum absolute atomic E-state index is 5.68. The van der Waals surface area contributed by atoms with Gasteiger partial charge in [0.25, 0.3) is 0 Å². The zero-order valence-electron chi connectivity index (χ0n) is 14.4. The highest BCUT2D eigenvalue weighted by Crippen LogP contribution is 2.21. The van der Waals surface area contributed by atoms with Crippen LogP contribution in [0.3, 0.4) is 0 Å². The van der Waals surface area contributed by atoms with Crippen LogP contribution in [0.2, 0.25) is 0 Å². The minimum Gasteiger partial charge on any atom is -0.497 e. The van der Waals surface area contributed by atoms with Gasteiger partial charge in [-0.2, -0.15) is 0 Å². The minimum atomic E-state index is 0.560. The van der Waals surface area contributed by atoms with Crippen LogP contribution < -0.4 is 14.8 Å². The number of aryl methyl sites for hydroxylation is 1. The van der Waals surface area contributed by atoms with Gasteiger partial charge in [-0.05, 0) is 43.3 Å². The molecular formula is C20H21N3O2. The number of aromatic nitrogens is 2.